The topological polar surface area (TPSA) is 66.0 Å². The van der Waals surface area contributed by atoms with Crippen LogP contribution in [0.2, 0.25) is 0 Å². The van der Waals surface area contributed by atoms with E-state index in [0.717, 1.165) is 5.69 Å². The zero-order chi connectivity index (χ0) is 9.14. The third-order valence-electron chi connectivity index (χ3n) is 1.62. The van der Waals surface area contributed by atoms with Crippen LogP contribution < -0.4 is 0 Å². The van der Waals surface area contributed by atoms with Crippen LogP contribution in [0.15, 0.2) is 12.7 Å². The van der Waals surface area contributed by atoms with Crippen LogP contribution in [-0.2, 0) is 6.42 Å². The summed E-state index contributed by atoms with van der Waals surface area (Å²) in [6.07, 6.45) is 2.19. The average molecular weight is 166 g/mol. The Morgan fingerprint density at radius 1 is 1.83 bits per heavy atom. The molecule has 0 aliphatic rings. The summed E-state index contributed by atoms with van der Waals surface area (Å²) in [6, 6.07) is 0. The van der Waals surface area contributed by atoms with Gasteiger partial charge in [-0.1, -0.05) is 6.08 Å². The maximum atomic E-state index is 10.6. The van der Waals surface area contributed by atoms with Crippen LogP contribution in [0.4, 0.5) is 0 Å². The maximum absolute atomic E-state index is 10.6. The summed E-state index contributed by atoms with van der Waals surface area (Å²) in [5.74, 6) is -1.00. The summed E-state index contributed by atoms with van der Waals surface area (Å²) in [6.45, 7) is 5.33. The largest absolute Gasteiger partial charge is 0.476 e. The molecule has 0 fully saturated rings. The van der Waals surface area contributed by atoms with Gasteiger partial charge in [0.25, 0.3) is 0 Å². The van der Waals surface area contributed by atoms with Crippen molar-refractivity contribution in [3.05, 3.63) is 29.6 Å². The van der Waals surface area contributed by atoms with E-state index in [0.29, 0.717) is 12.0 Å². The van der Waals surface area contributed by atoms with Crippen molar-refractivity contribution < 1.29 is 9.90 Å². The molecule has 0 unspecified atom stereocenters. The smallest absolute Gasteiger partial charge is 0.356 e. The van der Waals surface area contributed by atoms with Gasteiger partial charge in [-0.25, -0.2) is 4.79 Å². The molecule has 1 heterocycles. The zero-order valence-electron chi connectivity index (χ0n) is 6.79. The second kappa shape index (κ2) is 3.21. The molecule has 64 valence electrons. The van der Waals surface area contributed by atoms with Gasteiger partial charge in [0.1, 0.15) is 0 Å². The van der Waals surface area contributed by atoms with Crippen LogP contribution in [-0.4, -0.2) is 21.3 Å². The minimum Gasteiger partial charge on any atom is -0.476 e. The molecular formula is C8H10N2O2. The van der Waals surface area contributed by atoms with E-state index < -0.39 is 5.97 Å². The molecule has 4 nitrogen and oxygen atoms in total. The number of hydrogen-bond acceptors (Lipinski definition) is 2. The molecule has 0 radical (unpaired) electrons. The molecule has 0 aliphatic heterocycles. The molecule has 0 aliphatic carbocycles. The Hall–Kier alpha value is -1.58. The average Bonchev–Trinajstić information content (AvgIpc) is 2.34. The van der Waals surface area contributed by atoms with Crippen LogP contribution >= 0.6 is 0 Å². The SMILES string of the molecule is C=CCc1c(C(=O)O)n[nH]c1C. The maximum Gasteiger partial charge on any atom is 0.356 e. The van der Waals surface area contributed by atoms with Gasteiger partial charge in [0.15, 0.2) is 5.69 Å². The number of carbonyl (C=O) groups is 1. The number of carboxylic acids is 1. The third-order valence-corrected chi connectivity index (χ3v) is 1.62. The first-order valence-corrected chi connectivity index (χ1v) is 3.54. The van der Waals surface area contributed by atoms with E-state index in [2.05, 4.69) is 16.8 Å². The van der Waals surface area contributed by atoms with Crippen molar-refractivity contribution in [2.45, 2.75) is 13.3 Å². The van der Waals surface area contributed by atoms with Crippen molar-refractivity contribution in [2.24, 2.45) is 0 Å². The predicted molar refractivity (Wildman–Crippen MR) is 44.2 cm³/mol. The number of carboxylic acid groups (broad SMARTS) is 1. The molecular weight excluding hydrogens is 156 g/mol. The van der Waals surface area contributed by atoms with Crippen LogP contribution in [0.5, 0.6) is 0 Å². The molecule has 0 saturated heterocycles. The summed E-state index contributed by atoms with van der Waals surface area (Å²) in [5, 5.41) is 15.0. The minimum atomic E-state index is -1.00. The summed E-state index contributed by atoms with van der Waals surface area (Å²) < 4.78 is 0. The fraction of sp³-hybridized carbons (Fsp3) is 0.250. The van der Waals surface area contributed by atoms with Gasteiger partial charge in [-0.2, -0.15) is 5.10 Å². The summed E-state index contributed by atoms with van der Waals surface area (Å²) in [4.78, 5) is 10.6. The number of aromatic carboxylic acids is 1. The standard InChI is InChI=1S/C8H10N2O2/c1-3-4-6-5(2)9-10-7(6)8(11)12/h3H,1,4H2,2H3,(H,9,10)(H,11,12). The van der Waals surface area contributed by atoms with E-state index in [4.69, 9.17) is 5.11 Å². The van der Waals surface area contributed by atoms with Gasteiger partial charge >= 0.3 is 5.97 Å². The van der Waals surface area contributed by atoms with Crippen molar-refractivity contribution in [1.29, 1.82) is 0 Å². The van der Waals surface area contributed by atoms with Crippen molar-refractivity contribution in [3.8, 4) is 0 Å². The van der Waals surface area contributed by atoms with Gasteiger partial charge in [-0.05, 0) is 13.3 Å². The van der Waals surface area contributed by atoms with Gasteiger partial charge in [-0.15, -0.1) is 6.58 Å². The Balaban J connectivity index is 3.11. The van der Waals surface area contributed by atoms with Gasteiger partial charge in [0.05, 0.1) is 0 Å². The van der Waals surface area contributed by atoms with E-state index in [1.807, 2.05) is 0 Å². The van der Waals surface area contributed by atoms with E-state index in [1.165, 1.54) is 0 Å². The first-order chi connectivity index (χ1) is 5.66. The number of nitrogens with zero attached hydrogens (tertiary/aromatic N) is 1. The Labute approximate surface area is 69.9 Å². The second-order valence-corrected chi connectivity index (χ2v) is 2.47. The van der Waals surface area contributed by atoms with E-state index in [9.17, 15) is 4.79 Å². The van der Waals surface area contributed by atoms with Gasteiger partial charge in [-0.3, -0.25) is 5.10 Å². The van der Waals surface area contributed by atoms with Gasteiger partial charge in [0, 0.05) is 11.3 Å². The highest BCUT2D eigenvalue weighted by atomic mass is 16.4. The molecule has 1 rings (SSSR count). The summed E-state index contributed by atoms with van der Waals surface area (Å²) in [7, 11) is 0. The Morgan fingerprint density at radius 2 is 2.50 bits per heavy atom. The Morgan fingerprint density at radius 3 is 3.00 bits per heavy atom. The Kier molecular flexibility index (Phi) is 2.28. The third kappa shape index (κ3) is 1.37. The number of aryl methyl sites for hydroxylation is 1. The van der Waals surface area contributed by atoms with Gasteiger partial charge in [0.2, 0.25) is 0 Å². The number of aromatic amines is 1. The molecule has 1 aromatic heterocycles. The predicted octanol–water partition coefficient (Wildman–Crippen LogP) is 1.14. The zero-order valence-corrected chi connectivity index (χ0v) is 6.79. The number of aromatic nitrogens is 2. The van der Waals surface area contributed by atoms with Crippen LogP contribution in [0, 0.1) is 6.92 Å². The quantitative estimate of drug-likeness (QED) is 0.662. The molecule has 0 bridgehead atoms. The number of nitrogens with one attached hydrogen (secondary N) is 1. The van der Waals surface area contributed by atoms with Crippen molar-refractivity contribution >= 4 is 5.97 Å². The number of rotatable bonds is 3. The summed E-state index contributed by atoms with van der Waals surface area (Å²) in [5.41, 5.74) is 1.58. The lowest BCUT2D eigenvalue weighted by molar-refractivity contribution is 0.0689. The van der Waals surface area contributed by atoms with E-state index in [1.54, 1.807) is 13.0 Å². The molecule has 4 heteroatoms. The number of H-pyrrole nitrogens is 1. The highest BCUT2D eigenvalue weighted by molar-refractivity contribution is 5.87. The lowest BCUT2D eigenvalue weighted by Gasteiger charge is -1.94. The molecule has 12 heavy (non-hydrogen) atoms. The number of hydrogen-bond donors (Lipinski definition) is 2. The van der Waals surface area contributed by atoms with Crippen LogP contribution in [0.25, 0.3) is 0 Å². The lowest BCUT2D eigenvalue weighted by Crippen LogP contribution is -2.01. The first-order valence-electron chi connectivity index (χ1n) is 3.54. The van der Waals surface area contributed by atoms with Crippen molar-refractivity contribution in [1.82, 2.24) is 10.2 Å². The molecule has 0 aromatic carbocycles. The summed E-state index contributed by atoms with van der Waals surface area (Å²) >= 11 is 0. The van der Waals surface area contributed by atoms with Crippen molar-refractivity contribution in [3.63, 3.8) is 0 Å². The minimum absolute atomic E-state index is 0.0902. The fourth-order valence-corrected chi connectivity index (χ4v) is 1.02. The molecule has 2 N–H and O–H groups in total. The molecule has 0 atom stereocenters. The molecule has 0 amide bonds. The monoisotopic (exact) mass is 166 g/mol. The van der Waals surface area contributed by atoms with Crippen molar-refractivity contribution in [2.75, 3.05) is 0 Å². The fourth-order valence-electron chi connectivity index (χ4n) is 1.02. The Bertz CT molecular complexity index is 315. The highest BCUT2D eigenvalue weighted by Crippen LogP contribution is 2.11. The first kappa shape index (κ1) is 8.52. The van der Waals surface area contributed by atoms with Crippen LogP contribution in [0.3, 0.4) is 0 Å². The van der Waals surface area contributed by atoms with Crippen LogP contribution in [0.1, 0.15) is 21.7 Å². The van der Waals surface area contributed by atoms with E-state index >= 15 is 0 Å². The molecule has 0 saturated carbocycles. The normalized spacial score (nSPS) is 9.75. The number of allylic oxidation sites excluding steroid dienone is 1. The molecule has 0 spiro atoms. The lowest BCUT2D eigenvalue weighted by atomic mass is 10.1. The van der Waals surface area contributed by atoms with Gasteiger partial charge < -0.3 is 5.11 Å². The second-order valence-electron chi connectivity index (χ2n) is 2.47. The molecule has 1 aromatic rings. The highest BCUT2D eigenvalue weighted by Gasteiger charge is 2.14. The van der Waals surface area contributed by atoms with E-state index in [-0.39, 0.29) is 5.69 Å².